The normalized spacial score (nSPS) is 19.7. The quantitative estimate of drug-likeness (QED) is 0.0261. The zero-order valence-corrected chi connectivity index (χ0v) is 48.7. The number of hydrogen-bond donors (Lipinski definition) is 6. The molecule has 1 rings (SSSR count). The fraction of sp³-hybridized carbons (Fsp3) is 0.662. The van der Waals surface area contributed by atoms with Gasteiger partial charge >= 0.3 is 0 Å². The third-order valence-corrected chi connectivity index (χ3v) is 13.7. The van der Waals surface area contributed by atoms with Crippen molar-refractivity contribution < 1.29 is 39.8 Å². The molecule has 0 saturated carbocycles. The topological polar surface area (TPSA) is 149 Å². The van der Waals surface area contributed by atoms with Gasteiger partial charge in [-0.25, -0.2) is 0 Å². The minimum atomic E-state index is -1.58. The van der Waals surface area contributed by atoms with E-state index in [1.54, 1.807) is 6.08 Å². The summed E-state index contributed by atoms with van der Waals surface area (Å²) in [5.41, 5.74) is 0. The lowest BCUT2D eigenvalue weighted by Crippen LogP contribution is -2.60. The molecule has 6 N–H and O–H groups in total. The number of aliphatic hydroxyl groups excluding tert-OH is 5. The summed E-state index contributed by atoms with van der Waals surface area (Å²) in [6.07, 6.45) is 78.0. The van der Waals surface area contributed by atoms with Gasteiger partial charge in [-0.05, 0) is 96.3 Å². The van der Waals surface area contributed by atoms with Crippen molar-refractivity contribution >= 4 is 5.91 Å². The van der Waals surface area contributed by atoms with Crippen LogP contribution >= 0.6 is 0 Å². The standard InChI is InChI=1S/C68H113NO8/c1-3-5-7-9-11-13-15-17-19-21-23-24-25-26-27-28-29-30-31-32-33-34-35-36-37-38-40-42-44-46-48-50-52-54-56-58-64(72)69-61(60-76-68-67(75)66(74)65(73)63(59-70)77-68)62(71)57-55-53-51-49-47-45-43-41-39-22-20-18-16-14-12-10-8-6-4-2/h5,7,11,13,17,19,23-24,26-27,29-30,32-33,35-36,38,40,44,46,55,57,61-63,65-68,70-71,73-75H,3-4,6,8-10,12,14-16,18,20-22,25,28,31,34,37,39,41-43,45,47-54,56,58-60H2,1-2H3,(H,69,72)/b7-5-,13-11-,19-17-,24-23-,27-26-,30-29-,33-32-,36-35-,40-38-,46-44-,57-55+. The lowest BCUT2D eigenvalue weighted by molar-refractivity contribution is -0.302. The number of hydrogen-bond acceptors (Lipinski definition) is 8. The molecule has 1 aliphatic rings. The van der Waals surface area contributed by atoms with E-state index in [0.717, 1.165) is 116 Å². The van der Waals surface area contributed by atoms with Crippen LogP contribution in [0.2, 0.25) is 0 Å². The zero-order valence-electron chi connectivity index (χ0n) is 48.7. The Balaban J connectivity index is 2.24. The molecular weight excluding hydrogens is 959 g/mol. The van der Waals surface area contributed by atoms with Crippen LogP contribution in [0, 0.1) is 0 Å². The number of rotatable bonds is 51. The summed E-state index contributed by atoms with van der Waals surface area (Å²) < 4.78 is 11.3. The average Bonchev–Trinajstić information content (AvgIpc) is 3.43. The molecule has 77 heavy (non-hydrogen) atoms. The molecule has 0 aromatic heterocycles. The highest BCUT2D eigenvalue weighted by atomic mass is 16.7. The Labute approximate surface area is 471 Å². The van der Waals surface area contributed by atoms with Gasteiger partial charge in [-0.15, -0.1) is 0 Å². The van der Waals surface area contributed by atoms with Crippen LogP contribution in [0.25, 0.3) is 0 Å². The predicted octanol–water partition coefficient (Wildman–Crippen LogP) is 16.1. The van der Waals surface area contributed by atoms with Gasteiger partial charge in [0.2, 0.25) is 5.91 Å². The van der Waals surface area contributed by atoms with E-state index in [2.05, 4.69) is 141 Å². The van der Waals surface area contributed by atoms with E-state index in [1.165, 1.54) is 96.3 Å². The van der Waals surface area contributed by atoms with Crippen molar-refractivity contribution in [1.82, 2.24) is 5.32 Å². The van der Waals surface area contributed by atoms with E-state index in [1.807, 2.05) is 6.08 Å². The molecule has 1 fully saturated rings. The number of carbonyl (C=O) groups is 1. The number of allylic oxidation sites excluding steroid dienone is 21. The maximum atomic E-state index is 13.1. The van der Waals surface area contributed by atoms with Crippen LogP contribution in [-0.4, -0.2) is 87.5 Å². The van der Waals surface area contributed by atoms with Crippen molar-refractivity contribution in [3.63, 3.8) is 0 Å². The number of unbranched alkanes of at least 4 members (excludes halogenated alkanes) is 21. The van der Waals surface area contributed by atoms with Gasteiger partial charge in [0.05, 0.1) is 25.4 Å². The Morgan fingerprint density at radius 1 is 0.455 bits per heavy atom. The Kier molecular flexibility index (Phi) is 51.5. The first kappa shape index (κ1) is 71.3. The molecule has 1 saturated heterocycles. The van der Waals surface area contributed by atoms with Crippen molar-refractivity contribution in [3.8, 4) is 0 Å². The number of aliphatic hydroxyl groups is 5. The summed E-state index contributed by atoms with van der Waals surface area (Å²) in [7, 11) is 0. The molecule has 438 valence electrons. The number of nitrogens with one attached hydrogen (secondary N) is 1. The minimum absolute atomic E-state index is 0.206. The van der Waals surface area contributed by atoms with Crippen LogP contribution in [0.1, 0.15) is 232 Å². The lowest BCUT2D eigenvalue weighted by atomic mass is 9.99. The van der Waals surface area contributed by atoms with Gasteiger partial charge in [-0.1, -0.05) is 263 Å². The van der Waals surface area contributed by atoms with E-state index in [9.17, 15) is 30.3 Å². The molecule has 1 amide bonds. The molecule has 0 aromatic rings. The second kappa shape index (κ2) is 55.6. The second-order valence-corrected chi connectivity index (χ2v) is 20.8. The molecule has 0 bridgehead atoms. The van der Waals surface area contributed by atoms with Crippen LogP contribution in [0.5, 0.6) is 0 Å². The largest absolute Gasteiger partial charge is 0.394 e. The summed E-state index contributed by atoms with van der Waals surface area (Å²) in [4.78, 5) is 13.1. The van der Waals surface area contributed by atoms with E-state index in [-0.39, 0.29) is 12.5 Å². The molecule has 9 heteroatoms. The van der Waals surface area contributed by atoms with Gasteiger partial charge in [-0.3, -0.25) is 4.79 Å². The first-order valence-electron chi connectivity index (χ1n) is 30.9. The first-order chi connectivity index (χ1) is 37.8. The maximum absolute atomic E-state index is 13.1. The highest BCUT2D eigenvalue weighted by Crippen LogP contribution is 2.23. The van der Waals surface area contributed by atoms with Crippen LogP contribution in [-0.2, 0) is 14.3 Å². The molecule has 7 unspecified atom stereocenters. The Morgan fingerprint density at radius 3 is 1.19 bits per heavy atom. The van der Waals surface area contributed by atoms with Crippen molar-refractivity contribution in [2.75, 3.05) is 13.2 Å². The zero-order chi connectivity index (χ0) is 55.8. The Hall–Kier alpha value is -3.67. The summed E-state index contributed by atoms with van der Waals surface area (Å²) in [6.45, 7) is 3.65. The molecular formula is C68H113NO8. The predicted molar refractivity (Wildman–Crippen MR) is 327 cm³/mol. The average molecular weight is 1070 g/mol. The van der Waals surface area contributed by atoms with Gasteiger partial charge in [0.1, 0.15) is 24.4 Å². The third-order valence-electron chi connectivity index (χ3n) is 13.7. The number of carbonyl (C=O) groups excluding carboxylic acids is 1. The first-order valence-corrected chi connectivity index (χ1v) is 30.9. The van der Waals surface area contributed by atoms with Crippen LogP contribution in [0.15, 0.2) is 134 Å². The number of amides is 1. The SMILES string of the molecule is CC/C=C\C/C=C\C/C=C\C/C=C\C/C=C\C/C=C\C/C=C\C/C=C\C/C=C\C/C=C\CCCCCCC(=O)NC(COC1OC(CO)C(O)C(O)C1O)C(O)/C=C/CCCCCCCCCCCCCCCCCCC. The summed E-state index contributed by atoms with van der Waals surface area (Å²) >= 11 is 0. The van der Waals surface area contributed by atoms with Gasteiger partial charge in [0.15, 0.2) is 6.29 Å². The summed E-state index contributed by atoms with van der Waals surface area (Å²) in [6, 6.07) is -0.829. The number of ether oxygens (including phenoxy) is 2. The van der Waals surface area contributed by atoms with Crippen molar-refractivity contribution in [3.05, 3.63) is 134 Å². The van der Waals surface area contributed by atoms with Crippen LogP contribution in [0.4, 0.5) is 0 Å². The molecule has 0 aromatic carbocycles. The van der Waals surface area contributed by atoms with E-state index in [0.29, 0.717) is 6.42 Å². The summed E-state index contributed by atoms with van der Waals surface area (Å²) in [5, 5.41) is 54.6. The molecule has 1 aliphatic heterocycles. The Morgan fingerprint density at radius 2 is 0.805 bits per heavy atom. The maximum Gasteiger partial charge on any atom is 0.220 e. The van der Waals surface area contributed by atoms with Gasteiger partial charge < -0.3 is 40.3 Å². The van der Waals surface area contributed by atoms with Crippen molar-refractivity contribution in [1.29, 1.82) is 0 Å². The third kappa shape index (κ3) is 44.8. The minimum Gasteiger partial charge on any atom is -0.394 e. The fourth-order valence-corrected chi connectivity index (χ4v) is 8.89. The fourth-order valence-electron chi connectivity index (χ4n) is 8.89. The molecule has 0 aliphatic carbocycles. The molecule has 0 radical (unpaired) electrons. The van der Waals surface area contributed by atoms with E-state index >= 15 is 0 Å². The molecule has 7 atom stereocenters. The smallest absolute Gasteiger partial charge is 0.220 e. The van der Waals surface area contributed by atoms with Crippen molar-refractivity contribution in [2.24, 2.45) is 0 Å². The Bertz CT molecular complexity index is 1670. The van der Waals surface area contributed by atoms with Gasteiger partial charge in [0.25, 0.3) is 0 Å². The van der Waals surface area contributed by atoms with E-state index in [4.69, 9.17) is 9.47 Å². The monoisotopic (exact) mass is 1070 g/mol. The highest BCUT2D eigenvalue weighted by Gasteiger charge is 2.44. The van der Waals surface area contributed by atoms with Crippen LogP contribution in [0.3, 0.4) is 0 Å². The lowest BCUT2D eigenvalue weighted by Gasteiger charge is -2.40. The second-order valence-electron chi connectivity index (χ2n) is 20.8. The van der Waals surface area contributed by atoms with Gasteiger partial charge in [0, 0.05) is 6.42 Å². The van der Waals surface area contributed by atoms with E-state index < -0.39 is 49.5 Å². The molecule has 1 heterocycles. The molecule has 0 spiro atoms. The summed E-state index contributed by atoms with van der Waals surface area (Å²) in [5.74, 6) is -0.206. The van der Waals surface area contributed by atoms with Gasteiger partial charge in [-0.2, -0.15) is 0 Å². The van der Waals surface area contributed by atoms with Crippen molar-refractivity contribution in [2.45, 2.75) is 275 Å². The highest BCUT2D eigenvalue weighted by molar-refractivity contribution is 5.76. The molecule has 9 nitrogen and oxygen atoms in total. The van der Waals surface area contributed by atoms with Crippen LogP contribution < -0.4 is 5.32 Å².